The van der Waals surface area contributed by atoms with Crippen LogP contribution in [0.5, 0.6) is 5.75 Å². The number of aromatic nitrogens is 3. The van der Waals surface area contributed by atoms with Gasteiger partial charge in [-0.15, -0.1) is 12.6 Å². The fourth-order valence-electron chi connectivity index (χ4n) is 3.24. The molecule has 1 saturated carbocycles. The number of hydrogen-bond acceptors (Lipinski definition) is 7. The van der Waals surface area contributed by atoms with Crippen molar-refractivity contribution >= 4 is 35.3 Å². The molecule has 1 aliphatic rings. The SMILES string of the molecule is CN=CC(=CN)c1ncc2c(=O)n(C)cc(-c3cc(S)ccc3OCC3CC3)c2n1. The van der Waals surface area contributed by atoms with Crippen molar-refractivity contribution in [3.05, 3.63) is 53.0 Å². The van der Waals surface area contributed by atoms with Gasteiger partial charge in [-0.1, -0.05) is 0 Å². The first-order valence-electron chi connectivity index (χ1n) is 9.68. The van der Waals surface area contributed by atoms with Crippen LogP contribution in [-0.4, -0.2) is 34.4 Å². The number of aryl methyl sites for hydroxylation is 1. The third kappa shape index (κ3) is 3.95. The van der Waals surface area contributed by atoms with Gasteiger partial charge < -0.3 is 15.0 Å². The molecule has 0 saturated heterocycles. The zero-order valence-corrected chi connectivity index (χ0v) is 17.8. The summed E-state index contributed by atoms with van der Waals surface area (Å²) in [6.45, 7) is 0.676. The highest BCUT2D eigenvalue weighted by Crippen LogP contribution is 2.37. The molecular weight excluding hydrogens is 398 g/mol. The van der Waals surface area contributed by atoms with Gasteiger partial charge in [-0.2, -0.15) is 0 Å². The van der Waals surface area contributed by atoms with Gasteiger partial charge in [-0.05, 0) is 37.0 Å². The van der Waals surface area contributed by atoms with Crippen LogP contribution in [0, 0.1) is 5.92 Å². The Hall–Kier alpha value is -3.13. The molecule has 30 heavy (non-hydrogen) atoms. The highest BCUT2D eigenvalue weighted by atomic mass is 32.1. The molecule has 1 aromatic carbocycles. The van der Waals surface area contributed by atoms with Crippen LogP contribution in [-0.2, 0) is 7.05 Å². The summed E-state index contributed by atoms with van der Waals surface area (Å²) in [5, 5.41) is 0.418. The summed E-state index contributed by atoms with van der Waals surface area (Å²) in [7, 11) is 3.36. The lowest BCUT2D eigenvalue weighted by atomic mass is 10.0. The molecule has 0 radical (unpaired) electrons. The zero-order chi connectivity index (χ0) is 21.3. The number of hydrogen-bond donors (Lipinski definition) is 2. The van der Waals surface area contributed by atoms with Crippen molar-refractivity contribution in [1.29, 1.82) is 0 Å². The number of benzene rings is 1. The molecule has 0 atom stereocenters. The van der Waals surface area contributed by atoms with Crippen LogP contribution in [0.25, 0.3) is 27.6 Å². The third-order valence-electron chi connectivity index (χ3n) is 5.05. The first kappa shape index (κ1) is 20.2. The predicted octanol–water partition coefficient (Wildman–Crippen LogP) is 3.07. The second-order valence-electron chi connectivity index (χ2n) is 7.36. The van der Waals surface area contributed by atoms with Crippen molar-refractivity contribution < 1.29 is 4.74 Å². The number of rotatable bonds is 6. The van der Waals surface area contributed by atoms with Crippen molar-refractivity contribution in [2.75, 3.05) is 13.7 Å². The van der Waals surface area contributed by atoms with Crippen molar-refractivity contribution in [3.8, 4) is 16.9 Å². The molecule has 0 bridgehead atoms. The van der Waals surface area contributed by atoms with E-state index in [0.29, 0.717) is 34.8 Å². The maximum Gasteiger partial charge on any atom is 0.261 e. The van der Waals surface area contributed by atoms with Crippen LogP contribution in [0.2, 0.25) is 0 Å². The molecule has 0 spiro atoms. The monoisotopic (exact) mass is 421 g/mol. The number of allylic oxidation sites excluding steroid dienone is 1. The maximum atomic E-state index is 12.7. The lowest BCUT2D eigenvalue weighted by Gasteiger charge is -2.15. The van der Waals surface area contributed by atoms with E-state index in [0.717, 1.165) is 21.8 Å². The summed E-state index contributed by atoms with van der Waals surface area (Å²) in [4.78, 5) is 26.5. The average molecular weight is 422 g/mol. The van der Waals surface area contributed by atoms with E-state index in [4.69, 9.17) is 10.5 Å². The van der Waals surface area contributed by atoms with Crippen LogP contribution in [0.4, 0.5) is 0 Å². The molecule has 154 valence electrons. The maximum absolute atomic E-state index is 12.7. The highest BCUT2D eigenvalue weighted by molar-refractivity contribution is 7.80. The minimum atomic E-state index is -0.176. The van der Waals surface area contributed by atoms with E-state index < -0.39 is 0 Å². The Morgan fingerprint density at radius 2 is 2.20 bits per heavy atom. The number of aliphatic imine (C=N–C) groups is 1. The highest BCUT2D eigenvalue weighted by Gasteiger charge is 2.23. The first-order chi connectivity index (χ1) is 14.5. The second-order valence-corrected chi connectivity index (χ2v) is 7.88. The van der Waals surface area contributed by atoms with E-state index in [1.54, 1.807) is 26.5 Å². The molecule has 1 aliphatic carbocycles. The number of thiol groups is 1. The van der Waals surface area contributed by atoms with Crippen molar-refractivity contribution in [1.82, 2.24) is 14.5 Å². The smallest absolute Gasteiger partial charge is 0.261 e. The van der Waals surface area contributed by atoms with Gasteiger partial charge in [0.15, 0.2) is 5.82 Å². The number of fused-ring (bicyclic) bond motifs is 1. The first-order valence-corrected chi connectivity index (χ1v) is 10.1. The lowest BCUT2D eigenvalue weighted by Crippen LogP contribution is -2.18. The third-order valence-corrected chi connectivity index (χ3v) is 5.33. The quantitative estimate of drug-likeness (QED) is 0.471. The summed E-state index contributed by atoms with van der Waals surface area (Å²) in [6.07, 6.45) is 8.69. The molecule has 8 heteroatoms. The predicted molar refractivity (Wildman–Crippen MR) is 122 cm³/mol. The molecule has 3 aromatic rings. The van der Waals surface area contributed by atoms with Crippen LogP contribution in [0.1, 0.15) is 18.7 Å². The van der Waals surface area contributed by atoms with Gasteiger partial charge in [-0.25, -0.2) is 9.97 Å². The molecule has 2 heterocycles. The Balaban J connectivity index is 1.95. The molecule has 0 unspecified atom stereocenters. The molecular formula is C22H23N5O2S. The molecule has 2 aromatic heterocycles. The van der Waals surface area contributed by atoms with E-state index in [1.165, 1.54) is 29.8 Å². The molecule has 7 nitrogen and oxygen atoms in total. The van der Waals surface area contributed by atoms with Gasteiger partial charge in [0.25, 0.3) is 5.56 Å². The van der Waals surface area contributed by atoms with Gasteiger partial charge in [-0.3, -0.25) is 9.79 Å². The Kier molecular flexibility index (Phi) is 5.59. The zero-order valence-electron chi connectivity index (χ0n) is 16.9. The molecule has 0 aliphatic heterocycles. The average Bonchev–Trinajstić information content (AvgIpc) is 3.58. The summed E-state index contributed by atoms with van der Waals surface area (Å²) < 4.78 is 7.64. The fourth-order valence-corrected chi connectivity index (χ4v) is 3.45. The van der Waals surface area contributed by atoms with Crippen LogP contribution in [0.15, 0.2) is 51.5 Å². The topological polar surface area (TPSA) is 95.4 Å². The summed E-state index contributed by atoms with van der Waals surface area (Å²) in [5.74, 6) is 1.75. The normalized spacial score (nSPS) is 14.6. The Morgan fingerprint density at radius 1 is 1.40 bits per heavy atom. The molecule has 0 amide bonds. The van der Waals surface area contributed by atoms with Crippen molar-refractivity contribution in [3.63, 3.8) is 0 Å². The van der Waals surface area contributed by atoms with Crippen molar-refractivity contribution in [2.45, 2.75) is 17.7 Å². The summed E-state index contributed by atoms with van der Waals surface area (Å²) >= 11 is 4.51. The molecule has 4 rings (SSSR count). The standard InChI is InChI=1S/C22H23N5O2S/c1-24-9-14(8-23)21-25-10-17-20(26-21)18(11-27(2)22(17)28)16-7-15(30)5-6-19(16)29-12-13-3-4-13/h5-11,13,30H,3-4,12,23H2,1-2H3. The molecule has 2 N–H and O–H groups in total. The number of pyridine rings is 1. The minimum Gasteiger partial charge on any atom is -0.493 e. The van der Waals surface area contributed by atoms with E-state index in [2.05, 4.69) is 27.6 Å². The Bertz CT molecular complexity index is 1230. The van der Waals surface area contributed by atoms with Gasteiger partial charge >= 0.3 is 0 Å². The number of nitrogens with zero attached hydrogens (tertiary/aromatic N) is 4. The summed E-state index contributed by atoms with van der Waals surface area (Å²) in [6, 6.07) is 5.74. The van der Waals surface area contributed by atoms with Gasteiger partial charge in [0.1, 0.15) is 5.75 Å². The number of ether oxygens (including phenoxy) is 1. The largest absolute Gasteiger partial charge is 0.493 e. The minimum absolute atomic E-state index is 0.176. The van der Waals surface area contributed by atoms with Crippen LogP contribution >= 0.6 is 12.6 Å². The van der Waals surface area contributed by atoms with Gasteiger partial charge in [0.05, 0.1) is 23.1 Å². The van der Waals surface area contributed by atoms with E-state index in [9.17, 15) is 4.79 Å². The Morgan fingerprint density at radius 3 is 2.90 bits per heavy atom. The fraction of sp³-hybridized carbons (Fsp3) is 0.273. The van der Waals surface area contributed by atoms with Gasteiger partial charge in [0, 0.05) is 54.9 Å². The summed E-state index contributed by atoms with van der Waals surface area (Å²) in [5.41, 5.74) is 8.24. The number of nitrogens with two attached hydrogens (primary N) is 1. The van der Waals surface area contributed by atoms with Crippen molar-refractivity contribution in [2.24, 2.45) is 23.7 Å². The van der Waals surface area contributed by atoms with Crippen LogP contribution < -0.4 is 16.0 Å². The molecule has 1 fully saturated rings. The second kappa shape index (κ2) is 8.31. The van der Waals surface area contributed by atoms with Crippen LogP contribution in [0.3, 0.4) is 0 Å². The lowest BCUT2D eigenvalue weighted by molar-refractivity contribution is 0.301. The van der Waals surface area contributed by atoms with E-state index >= 15 is 0 Å². The Labute approximate surface area is 179 Å². The van der Waals surface area contributed by atoms with Gasteiger partial charge in [0.2, 0.25) is 0 Å². The van der Waals surface area contributed by atoms with E-state index in [1.807, 2.05) is 18.2 Å². The van der Waals surface area contributed by atoms with E-state index in [-0.39, 0.29) is 5.56 Å².